The highest BCUT2D eigenvalue weighted by molar-refractivity contribution is 7.92. The smallest absolute Gasteiger partial charge is 0.480 e. The summed E-state index contributed by atoms with van der Waals surface area (Å²) in [7, 11) is -3.51. The third-order valence-corrected chi connectivity index (χ3v) is 7.69. The molecule has 4 aromatic rings. The van der Waals surface area contributed by atoms with E-state index in [1.54, 1.807) is 6.20 Å². The molecular formula is C27H23F6N5O5S. The fraction of sp³-hybridized carbons (Fsp3) is 0.222. The van der Waals surface area contributed by atoms with Gasteiger partial charge in [0.25, 0.3) is 10.0 Å². The molecule has 2 aromatic heterocycles. The third-order valence-electron chi connectivity index (χ3n) is 6.27. The van der Waals surface area contributed by atoms with Crippen LogP contribution in [0.5, 0.6) is 5.88 Å². The number of fused-ring (bicyclic) bond motifs is 1. The lowest BCUT2D eigenvalue weighted by atomic mass is 10.0. The summed E-state index contributed by atoms with van der Waals surface area (Å²) < 4.78 is 106. The molecule has 234 valence electrons. The number of benzene rings is 2. The lowest BCUT2D eigenvalue weighted by molar-refractivity contribution is -0.192. The van der Waals surface area contributed by atoms with Crippen molar-refractivity contribution in [2.24, 2.45) is 0 Å². The number of carboxylic acid groups (broad SMARTS) is 1. The summed E-state index contributed by atoms with van der Waals surface area (Å²) in [5.74, 6) is -7.22. The SMILES string of the molecule is COc1ncc(-c2ccc3nccc(N4CCNCC4)c3c2)cc1NS(=O)(=O)c1c(F)cc(F)cc1F.O=C(O)C(F)(F)F. The predicted molar refractivity (Wildman–Crippen MR) is 147 cm³/mol. The molecule has 1 fully saturated rings. The summed E-state index contributed by atoms with van der Waals surface area (Å²) >= 11 is 0. The Morgan fingerprint density at radius 3 is 2.23 bits per heavy atom. The van der Waals surface area contributed by atoms with E-state index in [2.05, 4.69) is 24.9 Å². The van der Waals surface area contributed by atoms with Gasteiger partial charge < -0.3 is 20.1 Å². The minimum absolute atomic E-state index is 0.112. The van der Waals surface area contributed by atoms with Crippen LogP contribution in [0.4, 0.5) is 37.7 Å². The summed E-state index contributed by atoms with van der Waals surface area (Å²) in [5, 5.41) is 11.4. The molecule has 1 aliphatic heterocycles. The van der Waals surface area contributed by atoms with E-state index in [1.807, 2.05) is 24.3 Å². The molecule has 0 saturated carbocycles. The molecule has 0 radical (unpaired) electrons. The topological polar surface area (TPSA) is 134 Å². The van der Waals surface area contributed by atoms with E-state index in [1.165, 1.54) is 19.4 Å². The molecule has 0 spiro atoms. The molecule has 10 nitrogen and oxygen atoms in total. The van der Waals surface area contributed by atoms with E-state index in [-0.39, 0.29) is 11.6 Å². The molecule has 17 heteroatoms. The maximum atomic E-state index is 14.2. The minimum atomic E-state index is -5.08. The van der Waals surface area contributed by atoms with Crippen LogP contribution >= 0.6 is 0 Å². The number of nitrogens with zero attached hydrogens (tertiary/aromatic N) is 3. The van der Waals surface area contributed by atoms with Crippen LogP contribution in [-0.4, -0.2) is 68.9 Å². The number of aliphatic carboxylic acids is 1. The van der Waals surface area contributed by atoms with Gasteiger partial charge >= 0.3 is 12.1 Å². The van der Waals surface area contributed by atoms with Crippen molar-refractivity contribution in [3.8, 4) is 17.0 Å². The van der Waals surface area contributed by atoms with Crippen molar-refractivity contribution in [2.75, 3.05) is 42.9 Å². The van der Waals surface area contributed by atoms with Gasteiger partial charge in [0.1, 0.15) is 23.1 Å². The van der Waals surface area contributed by atoms with Gasteiger partial charge in [0.15, 0.2) is 4.90 Å². The Hall–Kier alpha value is -4.64. The van der Waals surface area contributed by atoms with E-state index in [9.17, 15) is 34.8 Å². The number of piperazine rings is 1. The molecule has 1 aliphatic rings. The van der Waals surface area contributed by atoms with Crippen LogP contribution in [-0.2, 0) is 14.8 Å². The minimum Gasteiger partial charge on any atom is -0.480 e. The van der Waals surface area contributed by atoms with Gasteiger partial charge in [-0.2, -0.15) is 13.2 Å². The number of rotatable bonds is 6. The van der Waals surface area contributed by atoms with E-state index >= 15 is 0 Å². The second-order valence-corrected chi connectivity index (χ2v) is 10.8. The number of carbonyl (C=O) groups is 1. The lowest BCUT2D eigenvalue weighted by Gasteiger charge is -2.30. The largest absolute Gasteiger partial charge is 0.490 e. The zero-order valence-electron chi connectivity index (χ0n) is 22.6. The van der Waals surface area contributed by atoms with Crippen molar-refractivity contribution in [3.05, 3.63) is 72.3 Å². The summed E-state index contributed by atoms with van der Waals surface area (Å²) in [5.41, 5.74) is 2.92. The molecule has 2 aromatic carbocycles. The van der Waals surface area contributed by atoms with E-state index in [0.717, 1.165) is 42.8 Å². The summed E-state index contributed by atoms with van der Waals surface area (Å²) in [6, 6.07) is 9.59. The highest BCUT2D eigenvalue weighted by atomic mass is 32.2. The molecule has 0 bridgehead atoms. The predicted octanol–water partition coefficient (Wildman–Crippen LogP) is 4.57. The molecule has 1 saturated heterocycles. The van der Waals surface area contributed by atoms with Crippen LogP contribution in [0.25, 0.3) is 22.0 Å². The maximum Gasteiger partial charge on any atom is 0.490 e. The van der Waals surface area contributed by atoms with Crippen molar-refractivity contribution in [3.63, 3.8) is 0 Å². The fourth-order valence-corrected chi connectivity index (χ4v) is 5.49. The number of methoxy groups -OCH3 is 1. The van der Waals surface area contributed by atoms with Crippen molar-refractivity contribution < 1.29 is 49.4 Å². The van der Waals surface area contributed by atoms with Gasteiger partial charge in [0, 0.05) is 67.3 Å². The van der Waals surface area contributed by atoms with Crippen LogP contribution in [0.1, 0.15) is 0 Å². The van der Waals surface area contributed by atoms with Crippen LogP contribution in [0.15, 0.2) is 59.8 Å². The first kappa shape index (κ1) is 32.3. The summed E-state index contributed by atoms with van der Waals surface area (Å²) in [4.78, 5) is 18.5. The van der Waals surface area contributed by atoms with Crippen molar-refractivity contribution in [2.45, 2.75) is 11.1 Å². The number of carboxylic acids is 1. The number of anilines is 2. The van der Waals surface area contributed by atoms with Crippen LogP contribution in [0, 0.1) is 17.5 Å². The number of sulfonamides is 1. The van der Waals surface area contributed by atoms with Gasteiger partial charge in [-0.1, -0.05) is 6.07 Å². The molecule has 0 atom stereocenters. The molecule has 0 amide bonds. The molecule has 3 N–H and O–H groups in total. The Balaban J connectivity index is 0.000000566. The summed E-state index contributed by atoms with van der Waals surface area (Å²) in [6.45, 7) is 3.42. The maximum absolute atomic E-state index is 14.2. The Bertz CT molecular complexity index is 1780. The zero-order chi connectivity index (χ0) is 32.2. The highest BCUT2D eigenvalue weighted by Gasteiger charge is 2.38. The zero-order valence-corrected chi connectivity index (χ0v) is 23.4. The van der Waals surface area contributed by atoms with E-state index in [4.69, 9.17) is 14.6 Å². The fourth-order valence-electron chi connectivity index (χ4n) is 4.32. The van der Waals surface area contributed by atoms with Gasteiger partial charge in [-0.3, -0.25) is 9.71 Å². The standard InChI is InChI=1S/C25H22F3N5O3S.C2HF3O2/c1-36-25-22(32-37(34,35)24-19(27)12-17(26)13-20(24)28)11-16(14-31-25)15-2-3-21-18(10-15)23(4-5-30-21)33-8-6-29-7-9-33;3-2(4,5)1(6)7/h2-5,10-14,29,32H,6-9H2,1H3;(H,6,7). The lowest BCUT2D eigenvalue weighted by Crippen LogP contribution is -2.43. The normalized spacial score (nSPS) is 13.7. The van der Waals surface area contributed by atoms with E-state index in [0.29, 0.717) is 23.3 Å². The first-order valence-corrected chi connectivity index (χ1v) is 14.1. The van der Waals surface area contributed by atoms with Gasteiger partial charge in [-0.15, -0.1) is 0 Å². The highest BCUT2D eigenvalue weighted by Crippen LogP contribution is 2.34. The second-order valence-electron chi connectivity index (χ2n) is 9.19. The number of hydrogen-bond acceptors (Lipinski definition) is 8. The number of pyridine rings is 2. The van der Waals surface area contributed by atoms with Crippen molar-refractivity contribution >= 4 is 38.3 Å². The van der Waals surface area contributed by atoms with Crippen LogP contribution < -0.4 is 19.7 Å². The molecule has 44 heavy (non-hydrogen) atoms. The second kappa shape index (κ2) is 12.9. The monoisotopic (exact) mass is 643 g/mol. The number of ether oxygens (including phenoxy) is 1. The van der Waals surface area contributed by atoms with Gasteiger partial charge in [0.2, 0.25) is 5.88 Å². The van der Waals surface area contributed by atoms with Crippen LogP contribution in [0.3, 0.4) is 0 Å². The first-order chi connectivity index (χ1) is 20.7. The van der Waals surface area contributed by atoms with Crippen LogP contribution in [0.2, 0.25) is 0 Å². The average molecular weight is 644 g/mol. The number of hydrogen-bond donors (Lipinski definition) is 3. The van der Waals surface area contributed by atoms with Gasteiger partial charge in [-0.05, 0) is 29.8 Å². The quantitative estimate of drug-likeness (QED) is 0.259. The molecule has 0 unspecified atom stereocenters. The number of alkyl halides is 3. The Morgan fingerprint density at radius 1 is 1.00 bits per heavy atom. The number of nitrogens with one attached hydrogen (secondary N) is 2. The molecular weight excluding hydrogens is 620 g/mol. The third kappa shape index (κ3) is 7.28. The number of aromatic nitrogens is 2. The van der Waals surface area contributed by atoms with Gasteiger partial charge in [-0.25, -0.2) is 31.4 Å². The van der Waals surface area contributed by atoms with E-state index < -0.39 is 44.5 Å². The average Bonchev–Trinajstić information content (AvgIpc) is 2.96. The molecule has 3 heterocycles. The Labute approximate surface area is 246 Å². The van der Waals surface area contributed by atoms with Crippen molar-refractivity contribution in [1.82, 2.24) is 15.3 Å². The first-order valence-electron chi connectivity index (χ1n) is 12.6. The molecule has 0 aliphatic carbocycles. The van der Waals surface area contributed by atoms with Gasteiger partial charge in [0.05, 0.1) is 12.6 Å². The Kier molecular flexibility index (Phi) is 9.48. The Morgan fingerprint density at radius 2 is 1.64 bits per heavy atom. The molecule has 5 rings (SSSR count). The van der Waals surface area contributed by atoms with Crippen molar-refractivity contribution in [1.29, 1.82) is 0 Å². The number of halogens is 6. The summed E-state index contributed by atoms with van der Waals surface area (Å²) in [6.07, 6.45) is -1.83.